The fraction of sp³-hybridized carbons (Fsp3) is 0.263. The highest BCUT2D eigenvalue weighted by atomic mass is 14.2. The third-order valence-corrected chi connectivity index (χ3v) is 3.84. The van der Waals surface area contributed by atoms with Crippen LogP contribution in [0.1, 0.15) is 31.9 Å². The molecule has 1 aromatic carbocycles. The summed E-state index contributed by atoms with van der Waals surface area (Å²) in [5.41, 5.74) is 4.35. The molecular weight excluding hydrogens is 228 g/mol. The molecule has 0 bridgehead atoms. The molecule has 0 N–H and O–H groups in total. The van der Waals surface area contributed by atoms with Gasteiger partial charge in [0.1, 0.15) is 0 Å². The second-order valence-corrected chi connectivity index (χ2v) is 6.18. The molecule has 2 aliphatic rings. The number of hydrogen-bond acceptors (Lipinski definition) is 0. The first-order chi connectivity index (χ1) is 9.05. The van der Waals surface area contributed by atoms with Crippen molar-refractivity contribution in [3.63, 3.8) is 0 Å². The van der Waals surface area contributed by atoms with Crippen molar-refractivity contribution in [3.8, 4) is 0 Å². The molecule has 0 saturated heterocycles. The van der Waals surface area contributed by atoms with Crippen LogP contribution in [-0.4, -0.2) is 0 Å². The summed E-state index contributed by atoms with van der Waals surface area (Å²) in [7, 11) is 0. The van der Waals surface area contributed by atoms with Crippen molar-refractivity contribution in [2.24, 2.45) is 5.41 Å². The summed E-state index contributed by atoms with van der Waals surface area (Å²) in [5, 5.41) is 2.71. The highest BCUT2D eigenvalue weighted by molar-refractivity contribution is 5.63. The van der Waals surface area contributed by atoms with Gasteiger partial charge in [-0.3, -0.25) is 0 Å². The highest BCUT2D eigenvalue weighted by Gasteiger charge is 2.12. The summed E-state index contributed by atoms with van der Waals surface area (Å²) >= 11 is 0. The summed E-state index contributed by atoms with van der Waals surface area (Å²) in [6, 6.07) is 4.55. The molecule has 0 aromatic heterocycles. The second-order valence-electron chi connectivity index (χ2n) is 6.18. The van der Waals surface area contributed by atoms with E-state index >= 15 is 0 Å². The third kappa shape index (κ3) is 2.35. The largest absolute Gasteiger partial charge is 0.0750 e. The molecule has 96 valence electrons. The Balaban J connectivity index is 2.32. The van der Waals surface area contributed by atoms with Crippen LogP contribution in [0.5, 0.6) is 0 Å². The molecular formula is C19H20. The molecule has 19 heavy (non-hydrogen) atoms. The van der Waals surface area contributed by atoms with E-state index in [4.69, 9.17) is 0 Å². The zero-order valence-corrected chi connectivity index (χ0v) is 11.9. The monoisotopic (exact) mass is 248 g/mol. The minimum atomic E-state index is 0.124. The molecule has 2 aliphatic carbocycles. The Morgan fingerprint density at radius 3 is 2.74 bits per heavy atom. The predicted molar refractivity (Wildman–Crippen MR) is 84.0 cm³/mol. The molecule has 0 saturated carbocycles. The molecule has 1 aromatic rings. The minimum absolute atomic E-state index is 0.124. The van der Waals surface area contributed by atoms with E-state index in [1.165, 1.54) is 27.1 Å². The van der Waals surface area contributed by atoms with Crippen molar-refractivity contribution in [2.45, 2.75) is 27.2 Å². The fourth-order valence-electron chi connectivity index (χ4n) is 2.87. The maximum absolute atomic E-state index is 2.36. The zero-order valence-electron chi connectivity index (χ0n) is 11.9. The van der Waals surface area contributed by atoms with Gasteiger partial charge in [-0.15, -0.1) is 0 Å². The van der Waals surface area contributed by atoms with Crippen molar-refractivity contribution in [1.29, 1.82) is 0 Å². The minimum Gasteiger partial charge on any atom is -0.0750 e. The van der Waals surface area contributed by atoms with Crippen molar-refractivity contribution in [1.82, 2.24) is 0 Å². The van der Waals surface area contributed by atoms with Crippen LogP contribution in [0.3, 0.4) is 0 Å². The molecule has 0 spiro atoms. The Kier molecular flexibility index (Phi) is 2.82. The van der Waals surface area contributed by atoms with Gasteiger partial charge in [0.25, 0.3) is 0 Å². The van der Waals surface area contributed by atoms with Crippen LogP contribution in [-0.2, 0) is 6.42 Å². The van der Waals surface area contributed by atoms with E-state index in [0.29, 0.717) is 0 Å². The van der Waals surface area contributed by atoms with Crippen LogP contribution >= 0.6 is 0 Å². The molecule has 0 fully saturated rings. The lowest BCUT2D eigenvalue weighted by atomic mass is 9.91. The van der Waals surface area contributed by atoms with Crippen LogP contribution in [0, 0.1) is 5.41 Å². The van der Waals surface area contributed by atoms with Gasteiger partial charge in [0.05, 0.1) is 0 Å². The smallest absolute Gasteiger partial charge is 0.00167 e. The maximum Gasteiger partial charge on any atom is 0.00167 e. The molecule has 0 atom stereocenters. The molecule has 3 rings (SSSR count). The summed E-state index contributed by atoms with van der Waals surface area (Å²) in [6.45, 7) is 6.70. The van der Waals surface area contributed by atoms with Crippen molar-refractivity contribution < 1.29 is 0 Å². The van der Waals surface area contributed by atoms with E-state index in [9.17, 15) is 0 Å². The first-order valence-corrected chi connectivity index (χ1v) is 6.93. The van der Waals surface area contributed by atoms with Gasteiger partial charge in [0.2, 0.25) is 0 Å². The van der Waals surface area contributed by atoms with Crippen LogP contribution in [0.4, 0.5) is 0 Å². The lowest BCUT2D eigenvalue weighted by Gasteiger charge is -2.13. The number of fused-ring (bicyclic) bond motifs is 3. The van der Waals surface area contributed by atoms with Gasteiger partial charge in [0.15, 0.2) is 0 Å². The Morgan fingerprint density at radius 2 is 1.89 bits per heavy atom. The zero-order chi connectivity index (χ0) is 13.5. The van der Waals surface area contributed by atoms with Gasteiger partial charge in [-0.1, -0.05) is 74.1 Å². The molecule has 0 unspecified atom stereocenters. The first-order valence-electron chi connectivity index (χ1n) is 6.93. The van der Waals surface area contributed by atoms with Crippen molar-refractivity contribution >= 4 is 18.2 Å². The summed E-state index contributed by atoms with van der Waals surface area (Å²) in [5.74, 6) is 0. The Labute approximate surface area is 115 Å². The van der Waals surface area contributed by atoms with Crippen LogP contribution < -0.4 is 10.4 Å². The second kappa shape index (κ2) is 4.38. The van der Waals surface area contributed by atoms with Gasteiger partial charge in [-0.05, 0) is 34.9 Å². The van der Waals surface area contributed by atoms with Gasteiger partial charge in [-0.25, -0.2) is 0 Å². The van der Waals surface area contributed by atoms with Crippen LogP contribution in [0.15, 0.2) is 42.0 Å². The standard InChI is InChI=1S/C19H20/c1-14-6-4-7-17-15(12-14)9-10-16-13-19(2,3)11-5-8-18(16)17/h4-11,13H,12H2,1-3H3. The average Bonchev–Trinajstić information content (AvgIpc) is 2.60. The Bertz CT molecular complexity index is 722. The Hall–Kier alpha value is -1.82. The number of allylic oxidation sites excluding steroid dienone is 5. The van der Waals surface area contributed by atoms with E-state index in [2.05, 4.69) is 75.4 Å². The van der Waals surface area contributed by atoms with Crippen molar-refractivity contribution in [2.75, 3.05) is 0 Å². The number of hydrogen-bond donors (Lipinski definition) is 0. The summed E-state index contributed by atoms with van der Waals surface area (Å²) in [4.78, 5) is 0. The topological polar surface area (TPSA) is 0 Å². The van der Waals surface area contributed by atoms with E-state index in [-0.39, 0.29) is 5.41 Å². The molecule has 0 heteroatoms. The molecule has 0 aliphatic heterocycles. The van der Waals surface area contributed by atoms with Gasteiger partial charge < -0.3 is 0 Å². The normalized spacial score (nSPS) is 19.2. The van der Waals surface area contributed by atoms with Gasteiger partial charge in [-0.2, -0.15) is 0 Å². The van der Waals surface area contributed by atoms with E-state index in [0.717, 1.165) is 6.42 Å². The van der Waals surface area contributed by atoms with Crippen LogP contribution in [0.25, 0.3) is 18.2 Å². The fourth-order valence-corrected chi connectivity index (χ4v) is 2.87. The van der Waals surface area contributed by atoms with Gasteiger partial charge >= 0.3 is 0 Å². The SMILES string of the molecule is CC1=CC=Cc2c(ccc3c2=CC=CC(C)(C)C=3)C1. The van der Waals surface area contributed by atoms with E-state index in [1.807, 2.05) is 0 Å². The van der Waals surface area contributed by atoms with Crippen molar-refractivity contribution in [3.05, 3.63) is 63.6 Å². The predicted octanol–water partition coefficient (Wildman–Crippen LogP) is 3.36. The molecule has 0 nitrogen and oxygen atoms in total. The molecule has 0 radical (unpaired) electrons. The maximum atomic E-state index is 2.36. The number of rotatable bonds is 0. The third-order valence-electron chi connectivity index (χ3n) is 3.84. The Morgan fingerprint density at radius 1 is 1.05 bits per heavy atom. The lowest BCUT2D eigenvalue weighted by Crippen LogP contribution is -2.29. The number of benzene rings is 1. The summed E-state index contributed by atoms with van der Waals surface area (Å²) < 4.78 is 0. The quantitative estimate of drug-likeness (QED) is 0.660. The first kappa shape index (κ1) is 12.2. The molecule has 0 heterocycles. The van der Waals surface area contributed by atoms with Crippen LogP contribution in [0.2, 0.25) is 0 Å². The van der Waals surface area contributed by atoms with Gasteiger partial charge in [0, 0.05) is 5.41 Å². The highest BCUT2D eigenvalue weighted by Crippen LogP contribution is 2.21. The average molecular weight is 248 g/mol. The lowest BCUT2D eigenvalue weighted by molar-refractivity contribution is 0.670. The van der Waals surface area contributed by atoms with E-state index in [1.54, 1.807) is 0 Å². The molecule has 0 amide bonds. The summed E-state index contributed by atoms with van der Waals surface area (Å²) in [6.07, 6.45) is 16.8. The van der Waals surface area contributed by atoms with E-state index < -0.39 is 0 Å².